The van der Waals surface area contributed by atoms with E-state index in [0.29, 0.717) is 40.2 Å². The van der Waals surface area contributed by atoms with Gasteiger partial charge in [-0.05, 0) is 55.8 Å². The number of rotatable bonds is 13. The van der Waals surface area contributed by atoms with Crippen LogP contribution in [-0.2, 0) is 15.6 Å². The van der Waals surface area contributed by atoms with Crippen molar-refractivity contribution in [3.05, 3.63) is 58.1 Å². The van der Waals surface area contributed by atoms with Gasteiger partial charge < -0.3 is 29.9 Å². The molecule has 0 aliphatic carbocycles. The summed E-state index contributed by atoms with van der Waals surface area (Å²) in [4.78, 5) is 2.20. The van der Waals surface area contributed by atoms with Gasteiger partial charge in [0.1, 0.15) is 36.9 Å². The zero-order valence-electron chi connectivity index (χ0n) is 20.3. The summed E-state index contributed by atoms with van der Waals surface area (Å²) in [6.45, 7) is 2.86. The molecule has 0 unspecified atom stereocenters. The van der Waals surface area contributed by atoms with Crippen LogP contribution in [0.2, 0.25) is 10.0 Å². The Labute approximate surface area is 223 Å². The van der Waals surface area contributed by atoms with Crippen LogP contribution in [0.1, 0.15) is 18.4 Å². The Morgan fingerprint density at radius 2 is 1.67 bits per heavy atom. The van der Waals surface area contributed by atoms with E-state index in [-0.39, 0.29) is 25.0 Å². The van der Waals surface area contributed by atoms with E-state index in [1.807, 2.05) is 0 Å². The molecule has 36 heavy (non-hydrogen) atoms. The van der Waals surface area contributed by atoms with Gasteiger partial charge >= 0.3 is 0 Å². The molecular formula is C25H34Cl2N2O6S. The smallest absolute Gasteiger partial charge is 0.151 e. The van der Waals surface area contributed by atoms with Crippen molar-refractivity contribution in [2.45, 2.75) is 36.8 Å². The lowest BCUT2D eigenvalue weighted by molar-refractivity contribution is 0.0556. The van der Waals surface area contributed by atoms with E-state index >= 15 is 0 Å². The molecule has 1 heterocycles. The van der Waals surface area contributed by atoms with Crippen LogP contribution in [0.5, 0.6) is 11.5 Å². The molecule has 3 rings (SSSR count). The fourth-order valence-electron chi connectivity index (χ4n) is 4.01. The van der Waals surface area contributed by atoms with Crippen LogP contribution in [-0.4, -0.2) is 87.4 Å². The summed E-state index contributed by atoms with van der Waals surface area (Å²) in [6.07, 6.45) is 1.68. The summed E-state index contributed by atoms with van der Waals surface area (Å²) in [5, 5.41) is 24.9. The highest BCUT2D eigenvalue weighted by molar-refractivity contribution is 7.89. The van der Waals surface area contributed by atoms with Gasteiger partial charge in [0.25, 0.3) is 0 Å². The third kappa shape index (κ3) is 10.4. The molecule has 0 aromatic heterocycles. The number of piperidine rings is 1. The molecule has 3 N–H and O–H groups in total. The first-order valence-electron chi connectivity index (χ1n) is 11.9. The van der Waals surface area contributed by atoms with E-state index in [4.69, 9.17) is 32.7 Å². The number of benzene rings is 2. The van der Waals surface area contributed by atoms with Crippen LogP contribution in [0.25, 0.3) is 0 Å². The minimum Gasteiger partial charge on any atom is -0.491 e. The predicted octanol–water partition coefficient (Wildman–Crippen LogP) is 2.77. The minimum atomic E-state index is -3.12. The number of hydrogen-bond acceptors (Lipinski definition) is 8. The summed E-state index contributed by atoms with van der Waals surface area (Å²) < 4.78 is 34.2. The SMILES string of the molecule is CS(=O)(=O)Cc1cccc(OC[C@@H](O)CNC2CCN(C[C@@H](O)COc3ccc(Cl)c(Cl)c3)CC2)c1. The Hall–Kier alpha value is -1.59. The lowest BCUT2D eigenvalue weighted by Crippen LogP contribution is -2.47. The van der Waals surface area contributed by atoms with Gasteiger partial charge in [-0.1, -0.05) is 35.3 Å². The number of β-amino-alcohol motifs (C(OH)–C–C–N with tert-alkyl or cyclic N) is 1. The summed E-state index contributed by atoms with van der Waals surface area (Å²) in [5.41, 5.74) is 0.653. The van der Waals surface area contributed by atoms with Crippen LogP contribution in [0.4, 0.5) is 0 Å². The van der Waals surface area contributed by atoms with Crippen LogP contribution in [0, 0.1) is 0 Å². The second-order valence-corrected chi connectivity index (χ2v) is 12.2. The maximum Gasteiger partial charge on any atom is 0.151 e. The number of halogens is 2. The summed E-state index contributed by atoms with van der Waals surface area (Å²) in [7, 11) is -3.12. The van der Waals surface area contributed by atoms with Crippen molar-refractivity contribution < 1.29 is 28.1 Å². The molecule has 1 fully saturated rings. The fourth-order valence-corrected chi connectivity index (χ4v) is 5.08. The Bertz CT molecular complexity index is 1080. The van der Waals surface area contributed by atoms with Crippen molar-refractivity contribution in [3.8, 4) is 11.5 Å². The summed E-state index contributed by atoms with van der Waals surface area (Å²) >= 11 is 11.9. The normalized spacial score (nSPS) is 17.0. The first kappa shape index (κ1) is 29.0. The monoisotopic (exact) mass is 560 g/mol. The van der Waals surface area contributed by atoms with Gasteiger partial charge in [-0.25, -0.2) is 8.42 Å². The maximum atomic E-state index is 11.5. The van der Waals surface area contributed by atoms with Gasteiger partial charge in [-0.3, -0.25) is 0 Å². The van der Waals surface area contributed by atoms with Gasteiger partial charge in [-0.15, -0.1) is 0 Å². The van der Waals surface area contributed by atoms with Crippen molar-refractivity contribution in [2.75, 3.05) is 45.6 Å². The average Bonchev–Trinajstić information content (AvgIpc) is 2.82. The zero-order chi connectivity index (χ0) is 26.1. The highest BCUT2D eigenvalue weighted by atomic mass is 35.5. The van der Waals surface area contributed by atoms with Crippen molar-refractivity contribution in [2.24, 2.45) is 0 Å². The van der Waals surface area contributed by atoms with Crippen molar-refractivity contribution >= 4 is 33.0 Å². The topological polar surface area (TPSA) is 108 Å². The van der Waals surface area contributed by atoms with E-state index in [1.54, 1.807) is 42.5 Å². The average molecular weight is 562 g/mol. The molecule has 11 heteroatoms. The first-order chi connectivity index (χ1) is 17.1. The first-order valence-corrected chi connectivity index (χ1v) is 14.7. The lowest BCUT2D eigenvalue weighted by atomic mass is 10.0. The molecule has 0 spiro atoms. The Morgan fingerprint density at radius 1 is 1.00 bits per heavy atom. The van der Waals surface area contributed by atoms with E-state index in [0.717, 1.165) is 25.9 Å². The lowest BCUT2D eigenvalue weighted by Gasteiger charge is -2.33. The highest BCUT2D eigenvalue weighted by Crippen LogP contribution is 2.26. The minimum absolute atomic E-state index is 0.0473. The summed E-state index contributed by atoms with van der Waals surface area (Å²) in [5.74, 6) is 1.05. The third-order valence-corrected chi connectivity index (χ3v) is 7.40. The van der Waals surface area contributed by atoms with Crippen molar-refractivity contribution in [3.63, 3.8) is 0 Å². The molecule has 2 aromatic carbocycles. The number of sulfone groups is 1. The largest absolute Gasteiger partial charge is 0.491 e. The molecule has 2 atom stereocenters. The maximum absolute atomic E-state index is 11.5. The Balaban J connectivity index is 1.30. The number of nitrogens with one attached hydrogen (secondary N) is 1. The second kappa shape index (κ2) is 13.8. The molecular weight excluding hydrogens is 527 g/mol. The predicted molar refractivity (Wildman–Crippen MR) is 142 cm³/mol. The molecule has 1 aliphatic heterocycles. The van der Waals surface area contributed by atoms with E-state index < -0.39 is 22.0 Å². The van der Waals surface area contributed by atoms with Crippen LogP contribution < -0.4 is 14.8 Å². The molecule has 0 amide bonds. The zero-order valence-corrected chi connectivity index (χ0v) is 22.6. The number of aliphatic hydroxyl groups is 2. The number of ether oxygens (including phenoxy) is 2. The van der Waals surface area contributed by atoms with Gasteiger partial charge in [0.2, 0.25) is 0 Å². The standard InChI is InChI=1S/C25H34Cl2N2O6S/c1-36(32,33)17-18-3-2-4-22(11-18)34-15-20(30)13-28-19-7-9-29(10-8-19)14-21(31)16-35-23-5-6-24(26)25(27)12-23/h2-6,11-12,19-21,28,30-31H,7-10,13-17H2,1H3/t20-,21+/m0/s1. The molecule has 200 valence electrons. The molecule has 2 aromatic rings. The van der Waals surface area contributed by atoms with Crippen LogP contribution >= 0.6 is 23.2 Å². The number of hydrogen-bond donors (Lipinski definition) is 3. The van der Waals surface area contributed by atoms with Crippen molar-refractivity contribution in [1.29, 1.82) is 0 Å². The van der Waals surface area contributed by atoms with E-state index in [1.165, 1.54) is 6.26 Å². The number of likely N-dealkylation sites (tertiary alicyclic amines) is 1. The van der Waals surface area contributed by atoms with E-state index in [2.05, 4.69) is 10.2 Å². The molecule has 1 saturated heterocycles. The van der Waals surface area contributed by atoms with Gasteiger partial charge in [0, 0.05) is 31.5 Å². The number of aliphatic hydroxyl groups excluding tert-OH is 2. The summed E-state index contributed by atoms with van der Waals surface area (Å²) in [6, 6.07) is 12.2. The van der Waals surface area contributed by atoms with Crippen molar-refractivity contribution in [1.82, 2.24) is 10.2 Å². The molecule has 0 saturated carbocycles. The van der Waals surface area contributed by atoms with Crippen LogP contribution in [0.15, 0.2) is 42.5 Å². The molecule has 1 aliphatic rings. The second-order valence-electron chi connectivity index (χ2n) is 9.21. The van der Waals surface area contributed by atoms with Gasteiger partial charge in [0.05, 0.1) is 15.8 Å². The Kier molecular flexibility index (Phi) is 11.1. The number of nitrogens with zero attached hydrogens (tertiary/aromatic N) is 1. The third-order valence-electron chi connectivity index (χ3n) is 5.80. The van der Waals surface area contributed by atoms with Crippen LogP contribution in [0.3, 0.4) is 0 Å². The molecule has 0 radical (unpaired) electrons. The van der Waals surface area contributed by atoms with Gasteiger partial charge in [0.15, 0.2) is 9.84 Å². The highest BCUT2D eigenvalue weighted by Gasteiger charge is 2.22. The Morgan fingerprint density at radius 3 is 2.33 bits per heavy atom. The fraction of sp³-hybridized carbons (Fsp3) is 0.520. The van der Waals surface area contributed by atoms with E-state index in [9.17, 15) is 18.6 Å². The quantitative estimate of drug-likeness (QED) is 0.343. The molecule has 8 nitrogen and oxygen atoms in total. The van der Waals surface area contributed by atoms with Gasteiger partial charge in [-0.2, -0.15) is 0 Å². The molecule has 0 bridgehead atoms.